The number of fused-ring (bicyclic) bond motifs is 1. The number of carbonyl (C=O) groups excluding carboxylic acids is 1. The number of hydrazone groups is 1. The predicted molar refractivity (Wildman–Crippen MR) is 141 cm³/mol. The molecule has 0 spiro atoms. The van der Waals surface area contributed by atoms with E-state index in [-0.39, 0.29) is 5.91 Å². The first-order valence-electron chi connectivity index (χ1n) is 11.0. The highest BCUT2D eigenvalue weighted by Gasteiger charge is 2.15. The van der Waals surface area contributed by atoms with Gasteiger partial charge in [0.1, 0.15) is 0 Å². The van der Waals surface area contributed by atoms with Crippen molar-refractivity contribution < 1.29 is 13.2 Å². The van der Waals surface area contributed by atoms with Gasteiger partial charge in [0, 0.05) is 16.6 Å². The first-order chi connectivity index (χ1) is 16.6. The Kier molecular flexibility index (Phi) is 6.66. The molecule has 0 aliphatic heterocycles. The maximum Gasteiger partial charge on any atom is 0.272 e. The summed E-state index contributed by atoms with van der Waals surface area (Å²) in [6, 6.07) is 22.2. The molecule has 1 aromatic heterocycles. The van der Waals surface area contributed by atoms with Crippen LogP contribution in [0.25, 0.3) is 22.2 Å². The maximum atomic E-state index is 13.2. The van der Waals surface area contributed by atoms with Gasteiger partial charge < -0.3 is 0 Å². The van der Waals surface area contributed by atoms with Gasteiger partial charge in [0.2, 0.25) is 10.0 Å². The molecule has 7 nitrogen and oxygen atoms in total. The van der Waals surface area contributed by atoms with Gasteiger partial charge in [0.05, 0.1) is 28.7 Å². The van der Waals surface area contributed by atoms with Gasteiger partial charge >= 0.3 is 0 Å². The van der Waals surface area contributed by atoms with Gasteiger partial charge in [0.25, 0.3) is 5.91 Å². The van der Waals surface area contributed by atoms with Crippen LogP contribution < -0.4 is 10.1 Å². The second-order valence-corrected chi connectivity index (χ2v) is 10.2. The van der Waals surface area contributed by atoms with Crippen molar-refractivity contribution in [2.24, 2.45) is 5.10 Å². The molecule has 3 aromatic carbocycles. The lowest BCUT2D eigenvalue weighted by Gasteiger charge is -2.12. The van der Waals surface area contributed by atoms with E-state index in [4.69, 9.17) is 4.98 Å². The van der Waals surface area contributed by atoms with Gasteiger partial charge in [-0.15, -0.1) is 0 Å². The van der Waals surface area contributed by atoms with Crippen molar-refractivity contribution in [3.05, 3.63) is 95.1 Å². The van der Waals surface area contributed by atoms with Crippen LogP contribution in [0, 0.1) is 13.8 Å². The molecule has 0 bridgehead atoms. The number of nitrogens with zero attached hydrogens (tertiary/aromatic N) is 2. The zero-order valence-electron chi connectivity index (χ0n) is 20.0. The molecule has 0 atom stereocenters. The Bertz CT molecular complexity index is 1580. The first-order valence-corrected chi connectivity index (χ1v) is 12.9. The number of para-hydroxylation sites is 1. The van der Waals surface area contributed by atoms with Crippen LogP contribution in [0.15, 0.2) is 77.9 Å². The minimum atomic E-state index is -3.40. The summed E-state index contributed by atoms with van der Waals surface area (Å²) < 4.78 is 25.5. The molecule has 4 aromatic rings. The van der Waals surface area contributed by atoms with E-state index in [0.717, 1.165) is 33.8 Å². The fourth-order valence-electron chi connectivity index (χ4n) is 3.88. The third kappa shape index (κ3) is 5.73. The van der Waals surface area contributed by atoms with Crippen LogP contribution >= 0.6 is 0 Å². The molecular weight excluding hydrogens is 460 g/mol. The van der Waals surface area contributed by atoms with Crippen molar-refractivity contribution in [2.75, 3.05) is 11.0 Å². The third-order valence-electron chi connectivity index (χ3n) is 5.53. The van der Waals surface area contributed by atoms with E-state index in [1.807, 2.05) is 50.2 Å². The quantitative estimate of drug-likeness (QED) is 0.294. The number of benzene rings is 3. The second-order valence-electron chi connectivity index (χ2n) is 8.48. The van der Waals surface area contributed by atoms with Gasteiger partial charge in [-0.05, 0) is 56.2 Å². The highest BCUT2D eigenvalue weighted by molar-refractivity contribution is 7.92. The van der Waals surface area contributed by atoms with Crippen molar-refractivity contribution >= 4 is 38.2 Å². The van der Waals surface area contributed by atoms with Gasteiger partial charge in [-0.1, -0.05) is 54.1 Å². The van der Waals surface area contributed by atoms with Gasteiger partial charge in [-0.25, -0.2) is 18.8 Å². The summed E-state index contributed by atoms with van der Waals surface area (Å²) >= 11 is 0. The summed E-state index contributed by atoms with van der Waals surface area (Å²) in [4.78, 5) is 18.0. The maximum absolute atomic E-state index is 13.2. The number of carbonyl (C=O) groups is 1. The van der Waals surface area contributed by atoms with E-state index in [9.17, 15) is 13.2 Å². The summed E-state index contributed by atoms with van der Waals surface area (Å²) in [5.41, 5.74) is 9.37. The Morgan fingerprint density at radius 3 is 2.46 bits per heavy atom. The van der Waals surface area contributed by atoms with Crippen molar-refractivity contribution in [1.29, 1.82) is 0 Å². The van der Waals surface area contributed by atoms with E-state index in [2.05, 4.69) is 21.3 Å². The van der Waals surface area contributed by atoms with Gasteiger partial charge in [0.15, 0.2) is 0 Å². The molecule has 0 radical (unpaired) electrons. The SMILES string of the molecule is CC(=NNC(=O)c1cc(-c2ccc(C)cc2C)nc2ccccc12)c1cccc(NS(C)(=O)=O)c1. The number of hydrogen-bond acceptors (Lipinski definition) is 5. The number of amides is 1. The zero-order chi connectivity index (χ0) is 25.2. The van der Waals surface area contributed by atoms with Crippen LogP contribution in [0.4, 0.5) is 5.69 Å². The molecule has 2 N–H and O–H groups in total. The molecule has 0 aliphatic carbocycles. The standard InChI is InChI=1S/C27H26N4O3S/c1-17-12-13-22(18(2)14-17)26-16-24(23-10-5-6-11-25(23)28-26)27(32)30-29-19(3)20-8-7-9-21(15-20)31-35(4,33)34/h5-16,31H,1-4H3,(H,30,32). The number of anilines is 1. The summed E-state index contributed by atoms with van der Waals surface area (Å²) in [5.74, 6) is -0.362. The van der Waals surface area contributed by atoms with Crippen LogP contribution in [0.5, 0.6) is 0 Å². The van der Waals surface area contributed by atoms with Crippen molar-refractivity contribution in [1.82, 2.24) is 10.4 Å². The molecule has 0 saturated carbocycles. The number of aromatic nitrogens is 1. The molecule has 0 fully saturated rings. The molecule has 1 heterocycles. The first kappa shape index (κ1) is 24.1. The Morgan fingerprint density at radius 1 is 0.943 bits per heavy atom. The average Bonchev–Trinajstić information content (AvgIpc) is 2.80. The van der Waals surface area contributed by atoms with E-state index in [1.54, 1.807) is 37.3 Å². The average molecular weight is 487 g/mol. The Hall–Kier alpha value is -4.04. The van der Waals surface area contributed by atoms with Crippen molar-refractivity contribution in [3.8, 4) is 11.3 Å². The number of hydrogen-bond donors (Lipinski definition) is 2. The molecule has 4 rings (SSSR count). The minimum Gasteiger partial charge on any atom is -0.284 e. The van der Waals surface area contributed by atoms with Crippen LogP contribution in [0.3, 0.4) is 0 Å². The topological polar surface area (TPSA) is 101 Å². The predicted octanol–water partition coefficient (Wildman–Crippen LogP) is 5.04. The Morgan fingerprint density at radius 2 is 1.71 bits per heavy atom. The van der Waals surface area contributed by atoms with E-state index in [0.29, 0.717) is 28.2 Å². The van der Waals surface area contributed by atoms with Crippen LogP contribution in [-0.4, -0.2) is 31.3 Å². The molecule has 8 heteroatoms. The number of rotatable bonds is 6. The molecule has 1 amide bonds. The normalized spacial score (nSPS) is 11.9. The summed E-state index contributed by atoms with van der Waals surface area (Å²) in [5, 5.41) is 4.99. The fraction of sp³-hybridized carbons (Fsp3) is 0.148. The number of aryl methyl sites for hydroxylation is 2. The number of sulfonamides is 1. The monoisotopic (exact) mass is 486 g/mol. The van der Waals surface area contributed by atoms with Crippen molar-refractivity contribution in [3.63, 3.8) is 0 Å². The van der Waals surface area contributed by atoms with Gasteiger partial charge in [-0.3, -0.25) is 9.52 Å². The van der Waals surface area contributed by atoms with E-state index >= 15 is 0 Å². The lowest BCUT2D eigenvalue weighted by molar-refractivity contribution is 0.0956. The highest BCUT2D eigenvalue weighted by Crippen LogP contribution is 2.27. The van der Waals surface area contributed by atoms with Gasteiger partial charge in [-0.2, -0.15) is 5.10 Å². The summed E-state index contributed by atoms with van der Waals surface area (Å²) in [6.07, 6.45) is 1.09. The number of nitrogens with one attached hydrogen (secondary N) is 2. The largest absolute Gasteiger partial charge is 0.284 e. The Labute approximate surface area is 205 Å². The highest BCUT2D eigenvalue weighted by atomic mass is 32.2. The van der Waals surface area contributed by atoms with Crippen LogP contribution in [0.1, 0.15) is 34.0 Å². The fourth-order valence-corrected chi connectivity index (χ4v) is 4.44. The molecule has 0 saturated heterocycles. The van der Waals surface area contributed by atoms with E-state index < -0.39 is 10.0 Å². The minimum absolute atomic E-state index is 0.362. The second kappa shape index (κ2) is 9.68. The van der Waals surface area contributed by atoms with E-state index in [1.165, 1.54) is 0 Å². The third-order valence-corrected chi connectivity index (χ3v) is 6.13. The molecular formula is C27H26N4O3S. The number of pyridine rings is 1. The Balaban J connectivity index is 1.67. The lowest BCUT2D eigenvalue weighted by atomic mass is 9.99. The lowest BCUT2D eigenvalue weighted by Crippen LogP contribution is -2.20. The molecule has 0 aliphatic rings. The molecule has 0 unspecified atom stereocenters. The van der Waals surface area contributed by atoms with Crippen LogP contribution in [-0.2, 0) is 10.0 Å². The molecule has 178 valence electrons. The summed E-state index contributed by atoms with van der Waals surface area (Å²) in [7, 11) is -3.40. The summed E-state index contributed by atoms with van der Waals surface area (Å²) in [6.45, 7) is 5.81. The smallest absolute Gasteiger partial charge is 0.272 e. The van der Waals surface area contributed by atoms with Crippen molar-refractivity contribution in [2.45, 2.75) is 20.8 Å². The molecule has 35 heavy (non-hydrogen) atoms. The van der Waals surface area contributed by atoms with Crippen LogP contribution in [0.2, 0.25) is 0 Å². The zero-order valence-corrected chi connectivity index (χ0v) is 20.8.